The van der Waals surface area contributed by atoms with Gasteiger partial charge in [-0.1, -0.05) is 71.2 Å². The molecule has 28 heavy (non-hydrogen) atoms. The summed E-state index contributed by atoms with van der Waals surface area (Å²) in [6, 6.07) is 23.5. The summed E-state index contributed by atoms with van der Waals surface area (Å²) in [5.41, 5.74) is 3.33. The van der Waals surface area contributed by atoms with Crippen LogP contribution in [0.1, 0.15) is 35.2 Å². The van der Waals surface area contributed by atoms with Gasteiger partial charge in [-0.15, -0.1) is 12.4 Å². The Kier molecular flexibility index (Phi) is 7.24. The molecule has 146 valence electrons. The molecule has 0 atom stereocenters. The van der Waals surface area contributed by atoms with Crippen LogP contribution in [-0.2, 0) is 0 Å². The molecule has 0 radical (unpaired) electrons. The second-order valence-electron chi connectivity index (χ2n) is 6.45. The quantitative estimate of drug-likeness (QED) is 0.437. The highest BCUT2D eigenvalue weighted by Crippen LogP contribution is 2.28. The first-order chi connectivity index (χ1) is 13.1. The highest BCUT2D eigenvalue weighted by atomic mass is 35.5. The number of rotatable bonds is 3. The molecule has 0 saturated carbocycles. The van der Waals surface area contributed by atoms with E-state index in [2.05, 4.69) is 16.0 Å². The molecule has 1 heterocycles. The van der Waals surface area contributed by atoms with E-state index in [4.69, 9.17) is 34.8 Å². The zero-order valence-corrected chi connectivity index (χ0v) is 17.8. The third-order valence-corrected chi connectivity index (χ3v) is 5.37. The maximum Gasteiger partial charge on any atom is 0.0864 e. The lowest BCUT2D eigenvalue weighted by atomic mass is 10.0. The average Bonchev–Trinajstić information content (AvgIpc) is 2.69. The van der Waals surface area contributed by atoms with Gasteiger partial charge in [0.25, 0.3) is 0 Å². The molecule has 1 aliphatic rings. The first-order valence-corrected chi connectivity index (χ1v) is 9.76. The Labute approximate surface area is 185 Å². The summed E-state index contributed by atoms with van der Waals surface area (Å²) in [4.78, 5) is 0. The predicted octanol–water partition coefficient (Wildman–Crippen LogP) is 6.25. The molecule has 1 fully saturated rings. The number of hydrogen-bond acceptors (Lipinski definition) is 3. The third kappa shape index (κ3) is 5.00. The van der Waals surface area contributed by atoms with Crippen molar-refractivity contribution in [2.45, 2.75) is 18.5 Å². The second-order valence-corrected chi connectivity index (χ2v) is 7.76. The second kappa shape index (κ2) is 9.47. The van der Waals surface area contributed by atoms with Gasteiger partial charge in [0.05, 0.1) is 18.5 Å². The van der Waals surface area contributed by atoms with Crippen LogP contribution in [0.3, 0.4) is 0 Å². The van der Waals surface area contributed by atoms with E-state index in [-0.39, 0.29) is 30.9 Å². The van der Waals surface area contributed by atoms with Crippen LogP contribution in [0.15, 0.2) is 72.8 Å². The minimum Gasteiger partial charge on any atom is -0.279 e. The number of hydrogen-bond donors (Lipinski definition) is 3. The van der Waals surface area contributed by atoms with Crippen molar-refractivity contribution in [3.63, 3.8) is 0 Å². The first kappa shape index (κ1) is 21.4. The van der Waals surface area contributed by atoms with Crippen molar-refractivity contribution in [2.24, 2.45) is 0 Å². The zero-order chi connectivity index (χ0) is 18.8. The SMILES string of the molecule is Cl.Clc1ccc(C2NC(c3ccc(Cl)cc3)NC(c3ccc(Cl)cc3)N2)cc1. The molecule has 0 bridgehead atoms. The molecular weight excluding hydrogens is 436 g/mol. The highest BCUT2D eigenvalue weighted by molar-refractivity contribution is 6.31. The Morgan fingerprint density at radius 2 is 0.643 bits per heavy atom. The van der Waals surface area contributed by atoms with Gasteiger partial charge in [0, 0.05) is 15.1 Å². The van der Waals surface area contributed by atoms with Gasteiger partial charge in [0.15, 0.2) is 0 Å². The molecule has 1 saturated heterocycles. The molecule has 3 nitrogen and oxygen atoms in total. The molecule has 0 aliphatic carbocycles. The van der Waals surface area contributed by atoms with Crippen molar-refractivity contribution < 1.29 is 0 Å². The van der Waals surface area contributed by atoms with E-state index in [9.17, 15) is 0 Å². The molecule has 1 aliphatic heterocycles. The molecule has 3 aromatic rings. The molecule has 0 spiro atoms. The Hall–Kier alpha value is -1.30. The number of benzene rings is 3. The van der Waals surface area contributed by atoms with Crippen LogP contribution in [-0.4, -0.2) is 0 Å². The summed E-state index contributed by atoms with van der Waals surface area (Å²) in [5.74, 6) is 0. The van der Waals surface area contributed by atoms with Gasteiger partial charge in [-0.3, -0.25) is 16.0 Å². The van der Waals surface area contributed by atoms with E-state index in [0.717, 1.165) is 31.8 Å². The van der Waals surface area contributed by atoms with Crippen molar-refractivity contribution in [3.8, 4) is 0 Å². The summed E-state index contributed by atoms with van der Waals surface area (Å²) in [7, 11) is 0. The summed E-state index contributed by atoms with van der Waals surface area (Å²) < 4.78 is 0. The molecule has 0 aromatic heterocycles. The van der Waals surface area contributed by atoms with Gasteiger partial charge in [-0.05, 0) is 53.1 Å². The van der Waals surface area contributed by atoms with Gasteiger partial charge in [-0.25, -0.2) is 0 Å². The molecule has 7 heteroatoms. The summed E-state index contributed by atoms with van der Waals surface area (Å²) in [6.45, 7) is 0. The fourth-order valence-electron chi connectivity index (χ4n) is 3.19. The monoisotopic (exact) mass is 453 g/mol. The standard InChI is InChI=1S/C21H18Cl3N3.ClH/c22-16-7-1-13(2-8-16)19-25-20(14-3-9-17(23)10-4-14)27-21(26-19)15-5-11-18(24)12-6-15;/h1-12,19-21,25-27H;1H. The van der Waals surface area contributed by atoms with Crippen molar-refractivity contribution in [3.05, 3.63) is 105 Å². The molecule has 0 unspecified atom stereocenters. The fraction of sp³-hybridized carbons (Fsp3) is 0.143. The normalized spacial score (nSPS) is 21.8. The average molecular weight is 455 g/mol. The van der Waals surface area contributed by atoms with Crippen molar-refractivity contribution >= 4 is 47.2 Å². The highest BCUT2D eigenvalue weighted by Gasteiger charge is 2.29. The topological polar surface area (TPSA) is 36.1 Å². The van der Waals surface area contributed by atoms with Crippen LogP contribution >= 0.6 is 47.2 Å². The largest absolute Gasteiger partial charge is 0.279 e. The number of halogens is 4. The summed E-state index contributed by atoms with van der Waals surface area (Å²) in [6.07, 6.45) is -0.153. The van der Waals surface area contributed by atoms with E-state index >= 15 is 0 Å². The van der Waals surface area contributed by atoms with E-state index in [1.807, 2.05) is 72.8 Å². The molecule has 3 aromatic carbocycles. The molecular formula is C21H19Cl4N3. The maximum absolute atomic E-state index is 6.05. The minimum atomic E-state index is -0.0510. The number of nitrogens with one attached hydrogen (secondary N) is 3. The van der Waals surface area contributed by atoms with E-state index < -0.39 is 0 Å². The Balaban J connectivity index is 0.00000225. The van der Waals surface area contributed by atoms with E-state index in [1.165, 1.54) is 0 Å². The Bertz CT molecular complexity index is 770. The van der Waals surface area contributed by atoms with Crippen LogP contribution in [0.25, 0.3) is 0 Å². The minimum absolute atomic E-state index is 0. The molecule has 3 N–H and O–H groups in total. The van der Waals surface area contributed by atoms with Crippen molar-refractivity contribution in [1.29, 1.82) is 0 Å². The van der Waals surface area contributed by atoms with E-state index in [0.29, 0.717) is 0 Å². The lowest BCUT2D eigenvalue weighted by molar-refractivity contribution is 0.203. The van der Waals surface area contributed by atoms with Gasteiger partial charge < -0.3 is 0 Å². The van der Waals surface area contributed by atoms with Crippen molar-refractivity contribution in [2.75, 3.05) is 0 Å². The van der Waals surface area contributed by atoms with Crippen LogP contribution < -0.4 is 16.0 Å². The molecule has 4 rings (SSSR count). The zero-order valence-electron chi connectivity index (χ0n) is 14.7. The Morgan fingerprint density at radius 1 is 0.429 bits per heavy atom. The summed E-state index contributed by atoms with van der Waals surface area (Å²) >= 11 is 18.2. The molecule has 0 amide bonds. The summed E-state index contributed by atoms with van der Waals surface area (Å²) in [5, 5.41) is 13.0. The predicted molar refractivity (Wildman–Crippen MR) is 119 cm³/mol. The van der Waals surface area contributed by atoms with E-state index in [1.54, 1.807) is 0 Å². The third-order valence-electron chi connectivity index (χ3n) is 4.61. The first-order valence-electron chi connectivity index (χ1n) is 8.63. The fourth-order valence-corrected chi connectivity index (χ4v) is 3.57. The van der Waals surface area contributed by atoms with Crippen LogP contribution in [0.4, 0.5) is 0 Å². The lowest BCUT2D eigenvalue weighted by Gasteiger charge is -2.39. The van der Waals surface area contributed by atoms with Gasteiger partial charge >= 0.3 is 0 Å². The van der Waals surface area contributed by atoms with Crippen LogP contribution in [0.2, 0.25) is 15.1 Å². The van der Waals surface area contributed by atoms with Gasteiger partial charge in [0.1, 0.15) is 0 Å². The lowest BCUT2D eigenvalue weighted by Crippen LogP contribution is -2.54. The Morgan fingerprint density at radius 3 is 0.857 bits per heavy atom. The van der Waals surface area contributed by atoms with Gasteiger partial charge in [0.2, 0.25) is 0 Å². The van der Waals surface area contributed by atoms with Gasteiger partial charge in [-0.2, -0.15) is 0 Å². The van der Waals surface area contributed by atoms with Crippen molar-refractivity contribution in [1.82, 2.24) is 16.0 Å². The van der Waals surface area contributed by atoms with Crippen LogP contribution in [0.5, 0.6) is 0 Å². The smallest absolute Gasteiger partial charge is 0.0864 e. The maximum atomic E-state index is 6.05. The van der Waals surface area contributed by atoms with Crippen LogP contribution in [0, 0.1) is 0 Å².